The van der Waals surface area contributed by atoms with E-state index in [9.17, 15) is 14.0 Å². The van der Waals surface area contributed by atoms with Crippen LogP contribution in [0.15, 0.2) is 52.2 Å². The summed E-state index contributed by atoms with van der Waals surface area (Å²) < 4.78 is 18.0. The Labute approximate surface area is 144 Å². The highest BCUT2D eigenvalue weighted by Crippen LogP contribution is 2.19. The highest BCUT2D eigenvalue weighted by Gasteiger charge is 2.27. The van der Waals surface area contributed by atoms with Crippen LogP contribution >= 0.6 is 0 Å². The molecule has 3 rings (SSSR count). The summed E-state index contributed by atoms with van der Waals surface area (Å²) in [5.74, 6) is -0.320. The van der Waals surface area contributed by atoms with Gasteiger partial charge in [-0.15, -0.1) is 0 Å². The smallest absolute Gasteiger partial charge is 0.253 e. The lowest BCUT2D eigenvalue weighted by molar-refractivity contribution is -0.126. The quantitative estimate of drug-likeness (QED) is 0.684. The van der Waals surface area contributed by atoms with Crippen LogP contribution in [0.25, 0.3) is 0 Å². The van der Waals surface area contributed by atoms with Gasteiger partial charge in [0.1, 0.15) is 11.6 Å². The van der Waals surface area contributed by atoms with Gasteiger partial charge in [-0.05, 0) is 49.2 Å². The summed E-state index contributed by atoms with van der Waals surface area (Å²) in [6.07, 6.45) is 4.09. The summed E-state index contributed by atoms with van der Waals surface area (Å²) in [5.41, 5.74) is 2.95. The molecule has 0 spiro atoms. The van der Waals surface area contributed by atoms with Gasteiger partial charge in [0.2, 0.25) is 5.91 Å². The van der Waals surface area contributed by atoms with E-state index in [0.29, 0.717) is 37.3 Å². The molecule has 2 aromatic rings. The topological polar surface area (TPSA) is 74.9 Å². The molecule has 0 bridgehead atoms. The molecule has 2 heterocycles. The summed E-state index contributed by atoms with van der Waals surface area (Å²) in [5, 5.41) is 3.86. The second-order valence-electron chi connectivity index (χ2n) is 5.82. The van der Waals surface area contributed by atoms with Crippen molar-refractivity contribution in [2.45, 2.75) is 12.8 Å². The Hall–Kier alpha value is -2.96. The first-order valence-corrected chi connectivity index (χ1v) is 8.05. The second-order valence-corrected chi connectivity index (χ2v) is 5.82. The third-order valence-corrected chi connectivity index (χ3v) is 4.15. The summed E-state index contributed by atoms with van der Waals surface area (Å²) >= 11 is 0. The van der Waals surface area contributed by atoms with E-state index in [-0.39, 0.29) is 23.5 Å². The maximum absolute atomic E-state index is 12.9. The predicted molar refractivity (Wildman–Crippen MR) is 89.5 cm³/mol. The minimum absolute atomic E-state index is 0.144. The van der Waals surface area contributed by atoms with Crippen LogP contribution in [0.5, 0.6) is 0 Å². The first-order valence-electron chi connectivity index (χ1n) is 8.05. The maximum Gasteiger partial charge on any atom is 0.253 e. The molecule has 0 unspecified atom stereocenters. The molecule has 7 heteroatoms. The SMILES string of the molecule is O=C(N/N=C\c1ccco1)C1CCN(C(=O)c2ccc(F)cc2)CC1. The Morgan fingerprint density at radius 1 is 1.20 bits per heavy atom. The number of halogens is 1. The summed E-state index contributed by atoms with van der Waals surface area (Å²) in [6.45, 7) is 0.965. The van der Waals surface area contributed by atoms with Crippen molar-refractivity contribution in [1.82, 2.24) is 10.3 Å². The largest absolute Gasteiger partial charge is 0.463 e. The normalized spacial score (nSPS) is 15.5. The van der Waals surface area contributed by atoms with E-state index in [2.05, 4.69) is 10.5 Å². The van der Waals surface area contributed by atoms with Crippen LogP contribution in [-0.4, -0.2) is 36.0 Å². The summed E-state index contributed by atoms with van der Waals surface area (Å²) in [4.78, 5) is 26.2. The number of hydrazone groups is 1. The molecule has 0 aliphatic carbocycles. The van der Waals surface area contributed by atoms with Crippen molar-refractivity contribution in [2.75, 3.05) is 13.1 Å². The van der Waals surface area contributed by atoms with E-state index in [4.69, 9.17) is 4.42 Å². The number of hydrogen-bond donors (Lipinski definition) is 1. The summed E-state index contributed by atoms with van der Waals surface area (Å²) in [6, 6.07) is 8.95. The number of amides is 2. The van der Waals surface area contributed by atoms with E-state index in [1.54, 1.807) is 17.0 Å². The number of carbonyl (C=O) groups excluding carboxylic acids is 2. The highest BCUT2D eigenvalue weighted by atomic mass is 19.1. The zero-order valence-corrected chi connectivity index (χ0v) is 13.5. The molecule has 0 saturated carbocycles. The van der Waals surface area contributed by atoms with Crippen LogP contribution in [0.4, 0.5) is 4.39 Å². The van der Waals surface area contributed by atoms with Gasteiger partial charge in [0, 0.05) is 24.6 Å². The van der Waals surface area contributed by atoms with E-state index >= 15 is 0 Å². The van der Waals surface area contributed by atoms with Crippen LogP contribution in [0, 0.1) is 11.7 Å². The van der Waals surface area contributed by atoms with Crippen molar-refractivity contribution < 1.29 is 18.4 Å². The number of likely N-dealkylation sites (tertiary alicyclic amines) is 1. The molecule has 1 saturated heterocycles. The minimum Gasteiger partial charge on any atom is -0.463 e. The van der Waals surface area contributed by atoms with Crippen molar-refractivity contribution in [3.63, 3.8) is 0 Å². The second kappa shape index (κ2) is 7.74. The summed E-state index contributed by atoms with van der Waals surface area (Å²) in [7, 11) is 0. The number of hydrogen-bond acceptors (Lipinski definition) is 4. The van der Waals surface area contributed by atoms with Crippen LogP contribution in [0.2, 0.25) is 0 Å². The van der Waals surface area contributed by atoms with Gasteiger partial charge in [0.15, 0.2) is 0 Å². The lowest BCUT2D eigenvalue weighted by Gasteiger charge is -2.31. The number of benzene rings is 1. The van der Waals surface area contributed by atoms with Crippen molar-refractivity contribution >= 4 is 18.0 Å². The average Bonchev–Trinajstić information content (AvgIpc) is 3.15. The van der Waals surface area contributed by atoms with Gasteiger partial charge < -0.3 is 9.32 Å². The molecule has 1 fully saturated rings. The number of furan rings is 1. The molecule has 1 aromatic carbocycles. The van der Waals surface area contributed by atoms with Gasteiger partial charge >= 0.3 is 0 Å². The predicted octanol–water partition coefficient (Wildman–Crippen LogP) is 2.42. The average molecular weight is 343 g/mol. The van der Waals surface area contributed by atoms with Gasteiger partial charge in [0.05, 0.1) is 12.5 Å². The first-order chi connectivity index (χ1) is 12.1. The van der Waals surface area contributed by atoms with E-state index < -0.39 is 0 Å². The van der Waals surface area contributed by atoms with Crippen LogP contribution in [0.1, 0.15) is 29.0 Å². The Bertz CT molecular complexity index is 748. The molecule has 0 atom stereocenters. The number of piperidine rings is 1. The number of rotatable bonds is 4. The Morgan fingerprint density at radius 3 is 2.56 bits per heavy atom. The molecule has 1 N–H and O–H groups in total. The molecule has 0 radical (unpaired) electrons. The van der Waals surface area contributed by atoms with Crippen molar-refractivity contribution in [1.29, 1.82) is 0 Å². The molecule has 130 valence electrons. The zero-order chi connectivity index (χ0) is 17.6. The molecule has 1 aliphatic rings. The van der Waals surface area contributed by atoms with Gasteiger partial charge in [-0.3, -0.25) is 9.59 Å². The fourth-order valence-electron chi connectivity index (χ4n) is 2.74. The lowest BCUT2D eigenvalue weighted by Crippen LogP contribution is -2.42. The maximum atomic E-state index is 12.9. The van der Waals surface area contributed by atoms with Gasteiger partial charge in [-0.25, -0.2) is 9.82 Å². The molecule has 1 aromatic heterocycles. The standard InChI is InChI=1S/C18H18FN3O3/c19-15-5-3-14(4-6-15)18(24)22-9-7-13(8-10-22)17(23)21-20-12-16-2-1-11-25-16/h1-6,11-13H,7-10H2,(H,21,23)/b20-12-. The fraction of sp³-hybridized carbons (Fsp3) is 0.278. The van der Waals surface area contributed by atoms with Crippen LogP contribution < -0.4 is 5.43 Å². The van der Waals surface area contributed by atoms with Crippen molar-refractivity contribution in [3.8, 4) is 0 Å². The van der Waals surface area contributed by atoms with Crippen LogP contribution in [-0.2, 0) is 4.79 Å². The number of nitrogens with zero attached hydrogens (tertiary/aromatic N) is 2. The monoisotopic (exact) mass is 343 g/mol. The Balaban J connectivity index is 1.48. The third-order valence-electron chi connectivity index (χ3n) is 4.15. The number of carbonyl (C=O) groups is 2. The highest BCUT2D eigenvalue weighted by molar-refractivity contribution is 5.94. The van der Waals surface area contributed by atoms with E-state index in [1.165, 1.54) is 36.7 Å². The third kappa shape index (κ3) is 4.32. The first kappa shape index (κ1) is 16.9. The van der Waals surface area contributed by atoms with Crippen LogP contribution in [0.3, 0.4) is 0 Å². The lowest BCUT2D eigenvalue weighted by atomic mass is 9.95. The minimum atomic E-state index is -0.373. The molecule has 6 nitrogen and oxygen atoms in total. The molecule has 1 aliphatic heterocycles. The zero-order valence-electron chi connectivity index (χ0n) is 13.5. The molecular weight excluding hydrogens is 325 g/mol. The molecular formula is C18H18FN3O3. The van der Waals surface area contributed by atoms with Crippen molar-refractivity contribution in [2.24, 2.45) is 11.0 Å². The molecule has 25 heavy (non-hydrogen) atoms. The Morgan fingerprint density at radius 2 is 1.92 bits per heavy atom. The van der Waals surface area contributed by atoms with E-state index in [0.717, 1.165) is 0 Å². The van der Waals surface area contributed by atoms with Gasteiger partial charge in [-0.2, -0.15) is 5.10 Å². The van der Waals surface area contributed by atoms with Gasteiger partial charge in [0.25, 0.3) is 5.91 Å². The fourth-order valence-corrected chi connectivity index (χ4v) is 2.74. The Kier molecular flexibility index (Phi) is 5.23. The van der Waals surface area contributed by atoms with Gasteiger partial charge in [-0.1, -0.05) is 0 Å². The van der Waals surface area contributed by atoms with Crippen molar-refractivity contribution in [3.05, 3.63) is 59.8 Å². The number of nitrogens with one attached hydrogen (secondary N) is 1. The molecule has 2 amide bonds. The van der Waals surface area contributed by atoms with E-state index in [1.807, 2.05) is 0 Å².